The topological polar surface area (TPSA) is 93.1 Å². The lowest BCUT2D eigenvalue weighted by molar-refractivity contribution is -0.153. The van der Waals surface area contributed by atoms with E-state index in [2.05, 4.69) is 5.32 Å². The number of aliphatic hydroxyl groups is 2. The summed E-state index contributed by atoms with van der Waals surface area (Å²) in [4.78, 5) is 28.6. The lowest BCUT2D eigenvalue weighted by atomic mass is 10.1. The second-order valence-electron chi connectivity index (χ2n) is 9.00. The molecule has 1 saturated heterocycles. The molecule has 7 nitrogen and oxygen atoms in total. The largest absolute Gasteiger partial charge is 0.380 e. The van der Waals surface area contributed by atoms with E-state index in [0.29, 0.717) is 31.2 Å². The molecule has 2 atom stereocenters. The Morgan fingerprint density at radius 3 is 2.05 bits per heavy atom. The maximum Gasteiger partial charge on any atom is 0.254 e. The maximum atomic E-state index is 13.0. The molecule has 3 aromatic rings. The van der Waals surface area contributed by atoms with Gasteiger partial charge in [-0.2, -0.15) is 0 Å². The van der Waals surface area contributed by atoms with Crippen molar-refractivity contribution in [2.75, 3.05) is 31.1 Å². The third-order valence-corrected chi connectivity index (χ3v) is 6.71. The first-order chi connectivity index (χ1) is 18.3. The molecule has 1 aliphatic rings. The molecule has 0 spiro atoms. The number of hydrogen-bond acceptors (Lipinski definition) is 5. The van der Waals surface area contributed by atoms with Crippen LogP contribution in [-0.2, 0) is 16.1 Å². The molecule has 9 heteroatoms. The van der Waals surface area contributed by atoms with E-state index in [4.69, 9.17) is 11.6 Å². The highest BCUT2D eigenvalue weighted by molar-refractivity contribution is 6.33. The highest BCUT2D eigenvalue weighted by atomic mass is 35.5. The molecule has 4 rings (SSSR count). The van der Waals surface area contributed by atoms with Crippen LogP contribution in [-0.4, -0.2) is 65.3 Å². The monoisotopic (exact) mass is 537 g/mol. The second-order valence-corrected chi connectivity index (χ2v) is 9.40. The van der Waals surface area contributed by atoms with Crippen molar-refractivity contribution in [3.8, 4) is 0 Å². The smallest absolute Gasteiger partial charge is 0.254 e. The second kappa shape index (κ2) is 12.7. The molecule has 1 fully saturated rings. The molecule has 38 heavy (non-hydrogen) atoms. The van der Waals surface area contributed by atoms with Crippen molar-refractivity contribution in [2.45, 2.75) is 18.8 Å². The summed E-state index contributed by atoms with van der Waals surface area (Å²) in [5, 5.41) is 23.9. The summed E-state index contributed by atoms with van der Waals surface area (Å²) < 4.78 is 13.0. The third kappa shape index (κ3) is 6.98. The summed E-state index contributed by atoms with van der Waals surface area (Å²) in [6.07, 6.45) is -0.0000971. The first kappa shape index (κ1) is 27.3. The molecular formula is C29H29ClFN3O4. The van der Waals surface area contributed by atoms with Crippen molar-refractivity contribution < 1.29 is 24.2 Å². The molecule has 1 aliphatic heterocycles. The number of amides is 2. The minimum atomic E-state index is -1.89. The van der Waals surface area contributed by atoms with Crippen LogP contribution in [0.15, 0.2) is 72.8 Å². The molecular weight excluding hydrogens is 509 g/mol. The van der Waals surface area contributed by atoms with E-state index in [1.807, 2.05) is 59.5 Å². The lowest BCUT2D eigenvalue weighted by Gasteiger charge is -2.37. The van der Waals surface area contributed by atoms with Gasteiger partial charge in [0.25, 0.3) is 11.8 Å². The molecule has 0 aliphatic carbocycles. The summed E-state index contributed by atoms with van der Waals surface area (Å²) >= 11 is 6.25. The molecule has 0 aromatic heterocycles. The van der Waals surface area contributed by atoms with Gasteiger partial charge in [-0.05, 0) is 41.0 Å². The molecule has 3 aromatic carbocycles. The normalized spacial score (nSPS) is 15.4. The number of halogens is 2. The number of aliphatic hydroxyl groups excluding tert-OH is 2. The number of nitrogens with zero attached hydrogens (tertiary/aromatic N) is 2. The van der Waals surface area contributed by atoms with E-state index in [9.17, 15) is 24.2 Å². The van der Waals surface area contributed by atoms with Crippen LogP contribution in [0, 0.1) is 5.82 Å². The standard InChI is InChI=1S/C29H29ClFN3O4/c30-24-3-1-2-4-25(24)33-15-17-34(18-16-33)29(38)27(36)26(35)28(37)32-19-22-9-7-20(8-10-22)5-6-21-11-13-23(31)14-12-21/h1-14,26-27,35-36H,15-19H2,(H,32,37)/t26-,27-/m1/s1. The van der Waals surface area contributed by atoms with Gasteiger partial charge in [0.2, 0.25) is 0 Å². The van der Waals surface area contributed by atoms with Crippen molar-refractivity contribution in [1.29, 1.82) is 0 Å². The minimum absolute atomic E-state index is 0.120. The zero-order chi connectivity index (χ0) is 27.1. The molecule has 2 amide bonds. The van der Waals surface area contributed by atoms with Gasteiger partial charge in [-0.25, -0.2) is 4.39 Å². The fraction of sp³-hybridized carbons (Fsp3) is 0.241. The Labute approximate surface area is 225 Å². The molecule has 0 saturated carbocycles. The van der Waals surface area contributed by atoms with Gasteiger partial charge in [-0.3, -0.25) is 9.59 Å². The number of nitrogens with one attached hydrogen (secondary N) is 1. The third-order valence-electron chi connectivity index (χ3n) is 6.39. The van der Waals surface area contributed by atoms with Gasteiger partial charge in [0.15, 0.2) is 12.2 Å². The first-order valence-electron chi connectivity index (χ1n) is 12.3. The molecule has 3 N–H and O–H groups in total. The number of carbonyl (C=O) groups is 2. The molecule has 0 unspecified atom stereocenters. The number of piperazine rings is 1. The van der Waals surface area contributed by atoms with Crippen molar-refractivity contribution >= 4 is 41.3 Å². The molecule has 0 bridgehead atoms. The van der Waals surface area contributed by atoms with E-state index in [1.165, 1.54) is 17.0 Å². The summed E-state index contributed by atoms with van der Waals surface area (Å²) in [6.45, 7) is 1.81. The Kier molecular flexibility index (Phi) is 9.12. The van der Waals surface area contributed by atoms with E-state index in [-0.39, 0.29) is 12.4 Å². The summed E-state index contributed by atoms with van der Waals surface area (Å²) in [5.74, 6) is -1.81. The summed E-state index contributed by atoms with van der Waals surface area (Å²) in [7, 11) is 0. The molecule has 0 radical (unpaired) electrons. The van der Waals surface area contributed by atoms with Gasteiger partial charge in [0.05, 0.1) is 10.7 Å². The zero-order valence-electron chi connectivity index (χ0n) is 20.6. The van der Waals surface area contributed by atoms with E-state index in [0.717, 1.165) is 22.4 Å². The van der Waals surface area contributed by atoms with Crippen molar-refractivity contribution in [3.63, 3.8) is 0 Å². The SMILES string of the molecule is O=C(NCc1ccc(C=Cc2ccc(F)cc2)cc1)[C@H](O)[C@@H](O)C(=O)N1CCN(c2ccccc2Cl)CC1. The average Bonchev–Trinajstić information content (AvgIpc) is 2.95. The van der Waals surface area contributed by atoms with Gasteiger partial charge in [0, 0.05) is 32.7 Å². The minimum Gasteiger partial charge on any atom is -0.380 e. The van der Waals surface area contributed by atoms with Gasteiger partial charge in [-0.1, -0.05) is 72.3 Å². The quantitative estimate of drug-likeness (QED) is 0.383. The van der Waals surface area contributed by atoms with Crippen molar-refractivity contribution in [2.24, 2.45) is 0 Å². The molecule has 198 valence electrons. The number of rotatable bonds is 8. The van der Waals surface area contributed by atoms with Crippen LogP contribution in [0.5, 0.6) is 0 Å². The van der Waals surface area contributed by atoms with Gasteiger partial charge < -0.3 is 25.3 Å². The van der Waals surface area contributed by atoms with Crippen LogP contribution in [0.1, 0.15) is 16.7 Å². The number of para-hydroxylation sites is 1. The van der Waals surface area contributed by atoms with E-state index < -0.39 is 24.0 Å². The zero-order valence-corrected chi connectivity index (χ0v) is 21.4. The molecule has 1 heterocycles. The number of anilines is 1. The summed E-state index contributed by atoms with van der Waals surface area (Å²) in [5.41, 5.74) is 3.44. The number of hydrogen-bond donors (Lipinski definition) is 3. The van der Waals surface area contributed by atoms with Gasteiger partial charge in [0.1, 0.15) is 5.82 Å². The van der Waals surface area contributed by atoms with Crippen LogP contribution in [0.4, 0.5) is 10.1 Å². The van der Waals surface area contributed by atoms with Crippen LogP contribution >= 0.6 is 11.6 Å². The fourth-order valence-electron chi connectivity index (χ4n) is 4.15. The Morgan fingerprint density at radius 2 is 1.45 bits per heavy atom. The number of carbonyl (C=O) groups excluding carboxylic acids is 2. The van der Waals surface area contributed by atoms with Gasteiger partial charge >= 0.3 is 0 Å². The summed E-state index contributed by atoms with van der Waals surface area (Å²) in [6, 6.07) is 20.9. The Balaban J connectivity index is 1.24. The van der Waals surface area contributed by atoms with Crippen LogP contribution < -0.4 is 10.2 Å². The number of benzene rings is 3. The highest BCUT2D eigenvalue weighted by Crippen LogP contribution is 2.26. The van der Waals surface area contributed by atoms with E-state index >= 15 is 0 Å². The average molecular weight is 538 g/mol. The van der Waals surface area contributed by atoms with Crippen molar-refractivity contribution in [3.05, 3.63) is 100 Å². The van der Waals surface area contributed by atoms with Crippen LogP contribution in [0.25, 0.3) is 12.2 Å². The van der Waals surface area contributed by atoms with Crippen molar-refractivity contribution in [1.82, 2.24) is 10.2 Å². The van der Waals surface area contributed by atoms with Crippen LogP contribution in [0.2, 0.25) is 5.02 Å². The Bertz CT molecular complexity index is 1280. The lowest BCUT2D eigenvalue weighted by Crippen LogP contribution is -2.55. The van der Waals surface area contributed by atoms with Gasteiger partial charge in [-0.15, -0.1) is 0 Å². The fourth-order valence-corrected chi connectivity index (χ4v) is 4.40. The van der Waals surface area contributed by atoms with Crippen LogP contribution in [0.3, 0.4) is 0 Å². The Hall–Kier alpha value is -3.72. The maximum absolute atomic E-state index is 13.0. The van der Waals surface area contributed by atoms with E-state index in [1.54, 1.807) is 18.2 Å². The predicted molar refractivity (Wildman–Crippen MR) is 146 cm³/mol. The highest BCUT2D eigenvalue weighted by Gasteiger charge is 2.34. The first-order valence-corrected chi connectivity index (χ1v) is 12.6. The Morgan fingerprint density at radius 1 is 0.868 bits per heavy atom. The predicted octanol–water partition coefficient (Wildman–Crippen LogP) is 3.34.